The van der Waals surface area contributed by atoms with E-state index in [2.05, 4.69) is 5.32 Å². The van der Waals surface area contributed by atoms with Crippen molar-refractivity contribution in [3.05, 3.63) is 18.2 Å². The molecule has 0 radical (unpaired) electrons. The number of benzene rings is 1. The summed E-state index contributed by atoms with van der Waals surface area (Å²) in [6.07, 6.45) is 2.01. The third-order valence-corrected chi connectivity index (χ3v) is 7.59. The van der Waals surface area contributed by atoms with E-state index in [9.17, 15) is 18.0 Å². The third kappa shape index (κ3) is 4.86. The lowest BCUT2D eigenvalue weighted by molar-refractivity contribution is -0.128. The number of carbonyl (C=O) groups is 2. The second-order valence-electron chi connectivity index (χ2n) is 8.51. The molecule has 2 heterocycles. The lowest BCUT2D eigenvalue weighted by Gasteiger charge is -2.26. The fourth-order valence-corrected chi connectivity index (χ4v) is 5.38. The van der Waals surface area contributed by atoms with Crippen LogP contribution in [-0.2, 0) is 24.3 Å². The Bertz CT molecular complexity index is 954. The van der Waals surface area contributed by atoms with Crippen molar-refractivity contribution in [2.45, 2.75) is 50.2 Å². The van der Waals surface area contributed by atoms with Gasteiger partial charge in [-0.2, -0.15) is 4.31 Å². The van der Waals surface area contributed by atoms with E-state index in [4.69, 9.17) is 9.47 Å². The Labute approximate surface area is 182 Å². The molecule has 1 aliphatic carbocycles. The predicted octanol–water partition coefficient (Wildman–Crippen LogP) is 1.44. The van der Waals surface area contributed by atoms with Crippen molar-refractivity contribution in [3.8, 4) is 5.75 Å². The van der Waals surface area contributed by atoms with E-state index in [0.29, 0.717) is 31.2 Å². The summed E-state index contributed by atoms with van der Waals surface area (Å²) in [5, 5.41) is 2.82. The molecular formula is C21H29N3O6S. The van der Waals surface area contributed by atoms with Gasteiger partial charge >= 0.3 is 0 Å². The SMILES string of the molecule is CC(C)Oc1ccc(S(=O)(=O)N2CCOCC2)cc1NC(=O)C1CC(=O)N(C2CC2)C1. The molecule has 1 aromatic carbocycles. The van der Waals surface area contributed by atoms with E-state index in [1.807, 2.05) is 13.8 Å². The minimum atomic E-state index is -3.72. The second-order valence-corrected chi connectivity index (χ2v) is 10.4. The van der Waals surface area contributed by atoms with Crippen LogP contribution in [0.15, 0.2) is 23.1 Å². The number of nitrogens with zero attached hydrogens (tertiary/aromatic N) is 2. The van der Waals surface area contributed by atoms with E-state index >= 15 is 0 Å². The van der Waals surface area contributed by atoms with Crippen LogP contribution in [0.4, 0.5) is 5.69 Å². The molecule has 0 spiro atoms. The van der Waals surface area contributed by atoms with Gasteiger partial charge in [-0.1, -0.05) is 0 Å². The standard InChI is InChI=1S/C21H29N3O6S/c1-14(2)30-19-6-5-17(31(27,28)23-7-9-29-10-8-23)12-18(19)22-21(26)15-11-20(25)24(13-15)16-3-4-16/h5-6,12,14-16H,3-4,7-11,13H2,1-2H3,(H,22,26). The number of likely N-dealkylation sites (tertiary alicyclic amines) is 1. The van der Waals surface area contributed by atoms with Gasteiger partial charge in [0.05, 0.1) is 35.8 Å². The Morgan fingerprint density at radius 3 is 2.58 bits per heavy atom. The minimum Gasteiger partial charge on any atom is -0.489 e. The highest BCUT2D eigenvalue weighted by Gasteiger charge is 2.42. The normalized spacial score (nSPS) is 22.7. The first kappa shape index (κ1) is 22.0. The summed E-state index contributed by atoms with van der Waals surface area (Å²) in [7, 11) is -3.72. The summed E-state index contributed by atoms with van der Waals surface area (Å²) in [6, 6.07) is 4.77. The Morgan fingerprint density at radius 1 is 1.23 bits per heavy atom. The zero-order valence-corrected chi connectivity index (χ0v) is 18.7. The van der Waals surface area contributed by atoms with Crippen molar-refractivity contribution in [2.24, 2.45) is 5.92 Å². The van der Waals surface area contributed by atoms with Gasteiger partial charge in [0.15, 0.2) is 0 Å². The van der Waals surface area contributed by atoms with Crippen LogP contribution < -0.4 is 10.1 Å². The van der Waals surface area contributed by atoms with Crippen LogP contribution in [0, 0.1) is 5.92 Å². The Balaban J connectivity index is 1.56. The van der Waals surface area contributed by atoms with Crippen molar-refractivity contribution >= 4 is 27.5 Å². The molecule has 31 heavy (non-hydrogen) atoms. The summed E-state index contributed by atoms with van der Waals surface area (Å²) in [5.41, 5.74) is 0.297. The van der Waals surface area contributed by atoms with Crippen LogP contribution in [0.5, 0.6) is 5.75 Å². The Kier molecular flexibility index (Phi) is 6.23. The van der Waals surface area contributed by atoms with E-state index in [-0.39, 0.29) is 48.4 Å². The first-order chi connectivity index (χ1) is 14.8. The number of sulfonamides is 1. The van der Waals surface area contributed by atoms with Crippen LogP contribution >= 0.6 is 0 Å². The number of nitrogens with one attached hydrogen (secondary N) is 1. The number of hydrogen-bond donors (Lipinski definition) is 1. The molecule has 9 nitrogen and oxygen atoms in total. The van der Waals surface area contributed by atoms with E-state index < -0.39 is 15.9 Å². The fraction of sp³-hybridized carbons (Fsp3) is 0.619. The summed E-state index contributed by atoms with van der Waals surface area (Å²) in [6.45, 7) is 5.39. The van der Waals surface area contributed by atoms with E-state index in [1.165, 1.54) is 16.4 Å². The van der Waals surface area contributed by atoms with Crippen LogP contribution in [0.25, 0.3) is 0 Å². The molecule has 10 heteroatoms. The van der Waals surface area contributed by atoms with Gasteiger partial charge in [0.1, 0.15) is 5.75 Å². The van der Waals surface area contributed by atoms with Crippen molar-refractivity contribution in [1.29, 1.82) is 0 Å². The maximum absolute atomic E-state index is 13.0. The van der Waals surface area contributed by atoms with Gasteiger partial charge in [-0.15, -0.1) is 0 Å². The maximum atomic E-state index is 13.0. The highest BCUT2D eigenvalue weighted by Crippen LogP contribution is 2.34. The number of amides is 2. The van der Waals surface area contributed by atoms with Gasteiger partial charge in [-0.25, -0.2) is 8.42 Å². The van der Waals surface area contributed by atoms with Crippen LogP contribution in [0.2, 0.25) is 0 Å². The number of hydrogen-bond acceptors (Lipinski definition) is 6. The molecule has 3 aliphatic rings. The Morgan fingerprint density at radius 2 is 1.94 bits per heavy atom. The van der Waals surface area contributed by atoms with Crippen molar-refractivity contribution in [3.63, 3.8) is 0 Å². The molecule has 1 unspecified atom stereocenters. The molecule has 2 saturated heterocycles. The highest BCUT2D eigenvalue weighted by atomic mass is 32.2. The smallest absolute Gasteiger partial charge is 0.243 e. The molecule has 0 bridgehead atoms. The lowest BCUT2D eigenvalue weighted by atomic mass is 10.1. The number of anilines is 1. The van der Waals surface area contributed by atoms with E-state index in [0.717, 1.165) is 12.8 Å². The molecule has 0 aromatic heterocycles. The summed E-state index contributed by atoms with van der Waals surface area (Å²) < 4.78 is 38.5. The molecule has 3 fully saturated rings. The minimum absolute atomic E-state index is 0.00458. The van der Waals surface area contributed by atoms with Gasteiger partial charge < -0.3 is 19.7 Å². The molecule has 1 saturated carbocycles. The summed E-state index contributed by atoms with van der Waals surface area (Å²) in [5.74, 6) is -0.358. The largest absolute Gasteiger partial charge is 0.489 e. The molecule has 4 rings (SSSR count). The van der Waals surface area contributed by atoms with Gasteiger partial charge in [0.25, 0.3) is 0 Å². The zero-order chi connectivity index (χ0) is 22.2. The first-order valence-corrected chi connectivity index (χ1v) is 12.2. The molecule has 1 atom stereocenters. The van der Waals surface area contributed by atoms with Crippen LogP contribution in [0.3, 0.4) is 0 Å². The fourth-order valence-electron chi connectivity index (χ4n) is 3.94. The summed E-state index contributed by atoms with van der Waals surface area (Å²) >= 11 is 0. The molecule has 1 aromatic rings. The number of carbonyl (C=O) groups excluding carboxylic acids is 2. The molecule has 2 aliphatic heterocycles. The van der Waals surface area contributed by atoms with Gasteiger partial charge in [-0.3, -0.25) is 9.59 Å². The quantitative estimate of drug-likeness (QED) is 0.673. The second kappa shape index (κ2) is 8.76. The topological polar surface area (TPSA) is 105 Å². The molecule has 170 valence electrons. The monoisotopic (exact) mass is 451 g/mol. The van der Waals surface area contributed by atoms with E-state index in [1.54, 1.807) is 11.0 Å². The number of rotatable bonds is 7. The van der Waals surface area contributed by atoms with Crippen molar-refractivity contribution < 1.29 is 27.5 Å². The average Bonchev–Trinajstić information content (AvgIpc) is 3.50. The van der Waals surface area contributed by atoms with Crippen molar-refractivity contribution in [2.75, 3.05) is 38.2 Å². The average molecular weight is 452 g/mol. The predicted molar refractivity (Wildman–Crippen MR) is 113 cm³/mol. The summed E-state index contributed by atoms with van der Waals surface area (Å²) in [4.78, 5) is 27.0. The first-order valence-electron chi connectivity index (χ1n) is 10.7. The van der Waals surface area contributed by atoms with Crippen LogP contribution in [-0.4, -0.2) is 74.4 Å². The number of morpholine rings is 1. The zero-order valence-electron chi connectivity index (χ0n) is 17.9. The number of ether oxygens (including phenoxy) is 2. The molecular weight excluding hydrogens is 422 g/mol. The van der Waals surface area contributed by atoms with Gasteiger partial charge in [-0.05, 0) is 44.9 Å². The Hall–Kier alpha value is -2.17. The third-order valence-electron chi connectivity index (χ3n) is 5.70. The molecule has 1 N–H and O–H groups in total. The van der Waals surface area contributed by atoms with Gasteiger partial charge in [0, 0.05) is 32.1 Å². The van der Waals surface area contributed by atoms with Gasteiger partial charge in [0.2, 0.25) is 21.8 Å². The molecule has 2 amide bonds. The highest BCUT2D eigenvalue weighted by molar-refractivity contribution is 7.89. The maximum Gasteiger partial charge on any atom is 0.243 e. The van der Waals surface area contributed by atoms with Crippen LogP contribution in [0.1, 0.15) is 33.1 Å². The van der Waals surface area contributed by atoms with Crippen molar-refractivity contribution in [1.82, 2.24) is 9.21 Å². The lowest BCUT2D eigenvalue weighted by Crippen LogP contribution is -2.40.